The van der Waals surface area contributed by atoms with E-state index >= 15 is 0 Å². The van der Waals surface area contributed by atoms with Crippen molar-refractivity contribution in [1.29, 1.82) is 0 Å². The van der Waals surface area contributed by atoms with Crippen molar-refractivity contribution in [2.24, 2.45) is 0 Å². The third kappa shape index (κ3) is 7.97. The number of hydrogen-bond donors (Lipinski definition) is 2. The first-order chi connectivity index (χ1) is 23.7. The van der Waals surface area contributed by atoms with Gasteiger partial charge in [0.2, 0.25) is 11.7 Å². The van der Waals surface area contributed by atoms with Gasteiger partial charge in [-0.05, 0) is 86.9 Å². The summed E-state index contributed by atoms with van der Waals surface area (Å²) >= 11 is 0. The molecule has 5 rings (SSSR count). The maximum absolute atomic E-state index is 14.4. The molecule has 2 atom stereocenters. The molecule has 4 aromatic rings. The van der Waals surface area contributed by atoms with Gasteiger partial charge in [-0.2, -0.15) is 0 Å². The number of nitrogens with zero attached hydrogens (tertiary/aromatic N) is 3. The highest BCUT2D eigenvalue weighted by atomic mass is 16.5. The number of likely N-dealkylation sites (N-methyl/N-ethyl adjacent to an activating group) is 1. The van der Waals surface area contributed by atoms with Gasteiger partial charge in [0.25, 0.3) is 5.91 Å². The molecule has 1 aliphatic rings. The molecule has 2 N–H and O–H groups in total. The van der Waals surface area contributed by atoms with Crippen LogP contribution in [0.1, 0.15) is 71.6 Å². The van der Waals surface area contributed by atoms with Crippen molar-refractivity contribution in [3.63, 3.8) is 0 Å². The molecule has 0 spiro atoms. The lowest BCUT2D eigenvalue weighted by molar-refractivity contribution is 0.0200. The molecule has 10 heteroatoms. The number of likely N-dealkylation sites (tertiary alicyclic amines) is 1. The van der Waals surface area contributed by atoms with Crippen molar-refractivity contribution in [2.75, 3.05) is 60.0 Å². The number of para-hydroxylation sites is 1. The predicted octanol–water partition coefficient (Wildman–Crippen LogP) is 6.95. The van der Waals surface area contributed by atoms with Crippen LogP contribution in [0.5, 0.6) is 17.2 Å². The number of hydrogen-bond acceptors (Lipinski definition) is 8. The summed E-state index contributed by atoms with van der Waals surface area (Å²) < 4.78 is 22.3. The summed E-state index contributed by atoms with van der Waals surface area (Å²) in [4.78, 5) is 27.2. The molecule has 1 aromatic heterocycles. The number of carbonyl (C=O) groups excluding carboxylic acids is 1. The number of imidazole rings is 1. The van der Waals surface area contributed by atoms with Gasteiger partial charge in [0, 0.05) is 44.3 Å². The zero-order valence-corrected chi connectivity index (χ0v) is 30.4. The Morgan fingerprint density at radius 2 is 1.71 bits per heavy atom. The van der Waals surface area contributed by atoms with Crippen LogP contribution >= 0.6 is 0 Å². The van der Waals surface area contributed by atoms with Gasteiger partial charge in [-0.15, -0.1) is 0 Å². The topological polar surface area (TPSA) is 101 Å². The maximum atomic E-state index is 14.4. The van der Waals surface area contributed by atoms with Gasteiger partial charge >= 0.3 is 0 Å². The first-order valence-corrected chi connectivity index (χ1v) is 17.4. The van der Waals surface area contributed by atoms with Crippen molar-refractivity contribution in [3.8, 4) is 17.2 Å². The van der Waals surface area contributed by atoms with Gasteiger partial charge < -0.3 is 34.1 Å². The van der Waals surface area contributed by atoms with Crippen LogP contribution in [-0.4, -0.2) is 92.6 Å². The number of methoxy groups -OCH3 is 3. The monoisotopic (exact) mass is 671 g/mol. The van der Waals surface area contributed by atoms with E-state index in [0.29, 0.717) is 36.0 Å². The number of carbonyl (C=O) groups is 1. The molecule has 10 nitrogen and oxygen atoms in total. The summed E-state index contributed by atoms with van der Waals surface area (Å²) in [5, 5.41) is 3.68. The molecule has 0 bridgehead atoms. The number of amides is 1. The number of aryl methyl sites for hydroxylation is 2. The largest absolute Gasteiger partial charge is 0.493 e. The van der Waals surface area contributed by atoms with Crippen LogP contribution in [0.15, 0.2) is 48.5 Å². The predicted molar refractivity (Wildman–Crippen MR) is 195 cm³/mol. The number of H-pyrrole nitrogens is 1. The molecule has 0 aliphatic carbocycles. The normalized spacial score (nSPS) is 15.2. The number of aromatic amines is 1. The second kappa shape index (κ2) is 16.4. The Morgan fingerprint density at radius 1 is 1.00 bits per heavy atom. The molecule has 49 heavy (non-hydrogen) atoms. The molecule has 1 fully saturated rings. The molecule has 1 aliphatic heterocycles. The van der Waals surface area contributed by atoms with E-state index in [-0.39, 0.29) is 24.0 Å². The number of ether oxygens (including phenoxy) is 4. The quantitative estimate of drug-likeness (QED) is 0.131. The Balaban J connectivity index is 1.39. The molecular formula is C39H53N5O5. The SMILES string of the molecule is CCOCCc1cccc2[nH]c(NC3CCN(C(C(CC)c4ccc(C)c(C)c4)N(C)C(=O)c4cc(OC)c(OC)c(OC)c4)CC3)nc12. The minimum atomic E-state index is -0.168. The van der Waals surface area contributed by atoms with E-state index in [4.69, 9.17) is 23.9 Å². The third-order valence-electron chi connectivity index (χ3n) is 9.95. The van der Waals surface area contributed by atoms with Crippen molar-refractivity contribution >= 4 is 22.9 Å². The highest BCUT2D eigenvalue weighted by molar-refractivity contribution is 5.95. The number of fused-ring (bicyclic) bond motifs is 1. The van der Waals surface area contributed by atoms with E-state index in [1.165, 1.54) is 22.3 Å². The zero-order valence-electron chi connectivity index (χ0n) is 30.4. The minimum absolute atomic E-state index is 0.102. The van der Waals surface area contributed by atoms with Crippen LogP contribution in [0, 0.1) is 13.8 Å². The average molecular weight is 672 g/mol. The first kappa shape index (κ1) is 36.0. The average Bonchev–Trinajstić information content (AvgIpc) is 3.54. The Bertz CT molecular complexity index is 1690. The Kier molecular flexibility index (Phi) is 12.1. The van der Waals surface area contributed by atoms with Gasteiger partial charge in [0.05, 0.1) is 45.1 Å². The van der Waals surface area contributed by atoms with Gasteiger partial charge in [-0.1, -0.05) is 37.3 Å². The molecule has 2 heterocycles. The number of benzene rings is 3. The lowest BCUT2D eigenvalue weighted by Gasteiger charge is -2.45. The highest BCUT2D eigenvalue weighted by Crippen LogP contribution is 2.39. The molecular weight excluding hydrogens is 618 g/mol. The fraction of sp³-hybridized carbons (Fsp3) is 0.487. The van der Waals surface area contributed by atoms with Crippen LogP contribution in [0.2, 0.25) is 0 Å². The van der Waals surface area contributed by atoms with E-state index in [1.807, 2.05) is 18.9 Å². The van der Waals surface area contributed by atoms with E-state index in [1.54, 1.807) is 33.5 Å². The Labute approximate surface area is 291 Å². The summed E-state index contributed by atoms with van der Waals surface area (Å²) in [5.74, 6) is 2.16. The summed E-state index contributed by atoms with van der Waals surface area (Å²) in [5.41, 5.74) is 7.44. The van der Waals surface area contributed by atoms with Crippen LogP contribution in [0.4, 0.5) is 5.95 Å². The Morgan fingerprint density at radius 3 is 2.33 bits per heavy atom. The molecule has 1 saturated heterocycles. The van der Waals surface area contributed by atoms with E-state index in [0.717, 1.165) is 55.8 Å². The number of nitrogens with one attached hydrogen (secondary N) is 2. The fourth-order valence-electron chi connectivity index (χ4n) is 7.10. The molecule has 264 valence electrons. The lowest BCUT2D eigenvalue weighted by atomic mass is 9.88. The number of anilines is 1. The highest BCUT2D eigenvalue weighted by Gasteiger charge is 2.37. The van der Waals surface area contributed by atoms with Crippen molar-refractivity contribution in [1.82, 2.24) is 19.8 Å². The van der Waals surface area contributed by atoms with Crippen molar-refractivity contribution in [2.45, 2.75) is 71.5 Å². The van der Waals surface area contributed by atoms with Gasteiger partial charge in [-0.3, -0.25) is 9.69 Å². The molecule has 3 aromatic carbocycles. The van der Waals surface area contributed by atoms with Gasteiger partial charge in [0.15, 0.2) is 11.5 Å². The summed E-state index contributed by atoms with van der Waals surface area (Å²) in [6.45, 7) is 11.6. The van der Waals surface area contributed by atoms with Crippen LogP contribution in [-0.2, 0) is 11.2 Å². The summed E-state index contributed by atoms with van der Waals surface area (Å²) in [7, 11) is 6.61. The minimum Gasteiger partial charge on any atom is -0.493 e. The first-order valence-electron chi connectivity index (χ1n) is 17.4. The molecule has 0 saturated carbocycles. The smallest absolute Gasteiger partial charge is 0.255 e. The maximum Gasteiger partial charge on any atom is 0.255 e. The van der Waals surface area contributed by atoms with Crippen molar-refractivity contribution in [3.05, 3.63) is 76.3 Å². The number of piperidine rings is 1. The third-order valence-corrected chi connectivity index (χ3v) is 9.95. The number of aromatic nitrogens is 2. The van der Waals surface area contributed by atoms with Crippen LogP contribution < -0.4 is 19.5 Å². The van der Waals surface area contributed by atoms with Crippen molar-refractivity contribution < 1.29 is 23.7 Å². The van der Waals surface area contributed by atoms with Crippen LogP contribution in [0.25, 0.3) is 11.0 Å². The van der Waals surface area contributed by atoms with Crippen LogP contribution in [0.3, 0.4) is 0 Å². The second-order valence-corrected chi connectivity index (χ2v) is 12.9. The second-order valence-electron chi connectivity index (χ2n) is 12.9. The van der Waals surface area contributed by atoms with E-state index in [2.05, 4.69) is 72.4 Å². The van der Waals surface area contributed by atoms with E-state index < -0.39 is 0 Å². The number of rotatable bonds is 15. The van der Waals surface area contributed by atoms with Gasteiger partial charge in [0.1, 0.15) is 0 Å². The summed E-state index contributed by atoms with van der Waals surface area (Å²) in [6.07, 6.45) is 3.37. The standard InChI is InChI=1S/C39H53N5O5/c1-9-31(28-15-14-25(3)26(4)22-28)37(43(5)38(45)29-23-33(46-6)36(48-8)34(24-29)47-7)44-19-16-30(17-20-44)40-39-41-32-13-11-12-27(35(32)42-39)18-21-49-10-2/h11-15,22-24,30-31,37H,9-10,16-21H2,1-8H3,(H2,40,41,42). The summed E-state index contributed by atoms with van der Waals surface area (Å²) in [6, 6.07) is 16.7. The molecule has 2 unspecified atom stereocenters. The van der Waals surface area contributed by atoms with Gasteiger partial charge in [-0.25, -0.2) is 4.98 Å². The lowest BCUT2D eigenvalue weighted by Crippen LogP contribution is -2.55. The zero-order chi connectivity index (χ0) is 35.1. The van der Waals surface area contributed by atoms with E-state index in [9.17, 15) is 4.79 Å². The molecule has 1 amide bonds. The molecule has 0 radical (unpaired) electrons. The fourth-order valence-corrected chi connectivity index (χ4v) is 7.10. The Hall–Kier alpha value is -4.28.